The zero-order valence-corrected chi connectivity index (χ0v) is 14.5. The summed E-state index contributed by atoms with van der Waals surface area (Å²) in [5.74, 6) is 0.711. The van der Waals surface area contributed by atoms with Crippen LogP contribution in [0.5, 0.6) is 0 Å². The Morgan fingerprint density at radius 2 is 2.15 bits per heavy atom. The molecule has 1 aromatic carbocycles. The second kappa shape index (κ2) is 7.58. The second-order valence-corrected chi connectivity index (χ2v) is 6.97. The van der Waals surface area contributed by atoms with Gasteiger partial charge in [0.2, 0.25) is 0 Å². The maximum Gasteiger partial charge on any atom is 0.0237 e. The van der Waals surface area contributed by atoms with Crippen molar-refractivity contribution in [3.8, 4) is 0 Å². The van der Waals surface area contributed by atoms with Crippen molar-refractivity contribution in [1.82, 2.24) is 10.2 Å². The van der Waals surface area contributed by atoms with Crippen LogP contribution in [-0.2, 0) is 6.54 Å². The van der Waals surface area contributed by atoms with Crippen LogP contribution in [0.25, 0.3) is 0 Å². The zero-order chi connectivity index (χ0) is 14.5. The third-order valence-electron chi connectivity index (χ3n) is 4.63. The number of hydrogen-bond acceptors (Lipinski definition) is 2. The third-order valence-corrected chi connectivity index (χ3v) is 5.12. The van der Waals surface area contributed by atoms with E-state index in [4.69, 9.17) is 0 Å². The van der Waals surface area contributed by atoms with Gasteiger partial charge in [0.05, 0.1) is 0 Å². The standard InChI is InChI=1S/C17H27BrN2/c1-4-9-19-17-8-10-20(14(3)13(17)2)12-15-6-5-7-16(18)11-15/h5-7,11,13-14,17,19H,4,8-10,12H2,1-3H3. The van der Waals surface area contributed by atoms with Gasteiger partial charge in [-0.15, -0.1) is 0 Å². The number of likely N-dealkylation sites (tertiary alicyclic amines) is 1. The molecule has 112 valence electrons. The summed E-state index contributed by atoms with van der Waals surface area (Å²) in [5, 5.41) is 3.71. The molecule has 0 spiro atoms. The van der Waals surface area contributed by atoms with Crippen LogP contribution >= 0.6 is 15.9 Å². The Bertz CT molecular complexity index is 421. The van der Waals surface area contributed by atoms with Crippen molar-refractivity contribution in [3.63, 3.8) is 0 Å². The lowest BCUT2D eigenvalue weighted by atomic mass is 9.86. The van der Waals surface area contributed by atoms with E-state index in [2.05, 4.69) is 71.2 Å². The lowest BCUT2D eigenvalue weighted by Crippen LogP contribution is -2.53. The fourth-order valence-corrected chi connectivity index (χ4v) is 3.60. The summed E-state index contributed by atoms with van der Waals surface area (Å²) in [6.07, 6.45) is 2.48. The van der Waals surface area contributed by atoms with Gasteiger partial charge in [0, 0.05) is 29.6 Å². The average molecular weight is 339 g/mol. The highest BCUT2D eigenvalue weighted by atomic mass is 79.9. The number of piperidine rings is 1. The maximum absolute atomic E-state index is 3.71. The molecule has 1 aliphatic rings. The summed E-state index contributed by atoms with van der Waals surface area (Å²) in [7, 11) is 0. The Hall–Kier alpha value is -0.380. The Kier molecular flexibility index (Phi) is 6.06. The highest BCUT2D eigenvalue weighted by Crippen LogP contribution is 2.25. The number of rotatable bonds is 5. The van der Waals surface area contributed by atoms with Gasteiger partial charge in [-0.1, -0.05) is 41.9 Å². The van der Waals surface area contributed by atoms with Crippen molar-refractivity contribution in [1.29, 1.82) is 0 Å². The molecule has 2 nitrogen and oxygen atoms in total. The minimum Gasteiger partial charge on any atom is -0.314 e. The first kappa shape index (κ1) is 16.0. The molecule has 1 heterocycles. The summed E-state index contributed by atoms with van der Waals surface area (Å²) >= 11 is 3.56. The lowest BCUT2D eigenvalue weighted by molar-refractivity contribution is 0.0785. The molecule has 0 saturated carbocycles. The highest BCUT2D eigenvalue weighted by molar-refractivity contribution is 9.10. The molecule has 1 aliphatic heterocycles. The normalized spacial score (nSPS) is 27.7. The highest BCUT2D eigenvalue weighted by Gasteiger charge is 2.31. The first-order valence-electron chi connectivity index (χ1n) is 7.83. The van der Waals surface area contributed by atoms with Gasteiger partial charge in [-0.2, -0.15) is 0 Å². The minimum absolute atomic E-state index is 0.636. The van der Waals surface area contributed by atoms with Crippen molar-refractivity contribution in [2.45, 2.75) is 52.2 Å². The van der Waals surface area contributed by atoms with E-state index in [0.29, 0.717) is 18.0 Å². The quantitative estimate of drug-likeness (QED) is 0.871. The van der Waals surface area contributed by atoms with Crippen molar-refractivity contribution >= 4 is 15.9 Å². The molecule has 2 rings (SSSR count). The van der Waals surface area contributed by atoms with Crippen LogP contribution in [0.2, 0.25) is 0 Å². The topological polar surface area (TPSA) is 15.3 Å². The van der Waals surface area contributed by atoms with Crippen LogP contribution in [0.15, 0.2) is 28.7 Å². The second-order valence-electron chi connectivity index (χ2n) is 6.05. The number of hydrogen-bond donors (Lipinski definition) is 1. The fourth-order valence-electron chi connectivity index (χ4n) is 3.15. The van der Waals surface area contributed by atoms with Crippen LogP contribution in [0, 0.1) is 5.92 Å². The number of nitrogens with zero attached hydrogens (tertiary/aromatic N) is 1. The molecule has 0 aromatic heterocycles. The summed E-state index contributed by atoms with van der Waals surface area (Å²) in [6, 6.07) is 10.0. The van der Waals surface area contributed by atoms with E-state index in [9.17, 15) is 0 Å². The molecule has 0 bridgehead atoms. The number of benzene rings is 1. The molecule has 3 unspecified atom stereocenters. The SMILES string of the molecule is CCCNC1CCN(Cc2cccc(Br)c2)C(C)C1C. The van der Waals surface area contributed by atoms with Crippen molar-refractivity contribution in [2.75, 3.05) is 13.1 Å². The molecule has 3 atom stereocenters. The molecule has 1 fully saturated rings. The Balaban J connectivity index is 1.94. The molecule has 3 heteroatoms. The van der Waals surface area contributed by atoms with Gasteiger partial charge in [-0.3, -0.25) is 4.90 Å². The van der Waals surface area contributed by atoms with Gasteiger partial charge < -0.3 is 5.32 Å². The van der Waals surface area contributed by atoms with Crippen LogP contribution < -0.4 is 5.32 Å². The summed E-state index contributed by atoms with van der Waals surface area (Å²) in [6.45, 7) is 10.4. The number of halogens is 1. The number of nitrogens with one attached hydrogen (secondary N) is 1. The molecule has 1 N–H and O–H groups in total. The molecular formula is C17H27BrN2. The monoisotopic (exact) mass is 338 g/mol. The first-order valence-corrected chi connectivity index (χ1v) is 8.63. The first-order chi connectivity index (χ1) is 9.61. The summed E-state index contributed by atoms with van der Waals surface area (Å²) < 4.78 is 1.18. The Morgan fingerprint density at radius 3 is 2.85 bits per heavy atom. The largest absolute Gasteiger partial charge is 0.314 e. The summed E-state index contributed by atoms with van der Waals surface area (Å²) in [4.78, 5) is 2.62. The van der Waals surface area contributed by atoms with Crippen LogP contribution in [0.4, 0.5) is 0 Å². The van der Waals surface area contributed by atoms with Crippen molar-refractivity contribution in [2.24, 2.45) is 5.92 Å². The van der Waals surface area contributed by atoms with Gasteiger partial charge in [0.1, 0.15) is 0 Å². The molecule has 1 saturated heterocycles. The van der Waals surface area contributed by atoms with Crippen LogP contribution in [-0.4, -0.2) is 30.1 Å². The molecule has 0 aliphatic carbocycles. The molecule has 1 aromatic rings. The van der Waals surface area contributed by atoms with Crippen LogP contribution in [0.1, 0.15) is 39.2 Å². The lowest BCUT2D eigenvalue weighted by Gasteiger charge is -2.43. The van der Waals surface area contributed by atoms with E-state index in [1.165, 1.54) is 29.4 Å². The van der Waals surface area contributed by atoms with Gasteiger partial charge >= 0.3 is 0 Å². The predicted octanol–water partition coefficient (Wildman–Crippen LogP) is 4.05. The van der Waals surface area contributed by atoms with E-state index in [0.717, 1.165) is 13.1 Å². The van der Waals surface area contributed by atoms with Crippen LogP contribution in [0.3, 0.4) is 0 Å². The van der Waals surface area contributed by atoms with Crippen molar-refractivity contribution in [3.05, 3.63) is 34.3 Å². The van der Waals surface area contributed by atoms with Gasteiger partial charge in [0.25, 0.3) is 0 Å². The Morgan fingerprint density at radius 1 is 1.35 bits per heavy atom. The van der Waals surface area contributed by atoms with Gasteiger partial charge in [0.15, 0.2) is 0 Å². The summed E-state index contributed by atoms with van der Waals surface area (Å²) in [5.41, 5.74) is 1.40. The molecular weight excluding hydrogens is 312 g/mol. The molecule has 20 heavy (non-hydrogen) atoms. The average Bonchev–Trinajstić information content (AvgIpc) is 2.43. The van der Waals surface area contributed by atoms with Gasteiger partial charge in [-0.05, 0) is 49.9 Å². The van der Waals surface area contributed by atoms with E-state index >= 15 is 0 Å². The van der Waals surface area contributed by atoms with E-state index < -0.39 is 0 Å². The van der Waals surface area contributed by atoms with E-state index in [-0.39, 0.29) is 0 Å². The van der Waals surface area contributed by atoms with Gasteiger partial charge in [-0.25, -0.2) is 0 Å². The van der Waals surface area contributed by atoms with Crippen molar-refractivity contribution < 1.29 is 0 Å². The maximum atomic E-state index is 3.71. The molecule has 0 radical (unpaired) electrons. The molecule has 0 amide bonds. The zero-order valence-electron chi connectivity index (χ0n) is 12.9. The Labute approximate surface area is 132 Å². The van der Waals surface area contributed by atoms with E-state index in [1.807, 2.05) is 0 Å². The third kappa shape index (κ3) is 4.06. The smallest absolute Gasteiger partial charge is 0.0237 e. The predicted molar refractivity (Wildman–Crippen MR) is 89.9 cm³/mol. The van der Waals surface area contributed by atoms with E-state index in [1.54, 1.807) is 0 Å². The minimum atomic E-state index is 0.636. The fraction of sp³-hybridized carbons (Fsp3) is 0.647.